The summed E-state index contributed by atoms with van der Waals surface area (Å²) in [6.45, 7) is 4.51. The normalized spacial score (nSPS) is 7.80. The monoisotopic (exact) mass is 216 g/mol. The fourth-order valence-electron chi connectivity index (χ4n) is 0.854. The molecule has 0 aromatic rings. The molecule has 2 heteroatoms. The van der Waals surface area contributed by atoms with Crippen LogP contribution in [0.4, 0.5) is 0 Å². The number of hydrogen-bond acceptors (Lipinski definition) is 0. The van der Waals surface area contributed by atoms with Crippen molar-refractivity contribution >= 4 is 0 Å². The first-order chi connectivity index (χ1) is 3.91. The molecule has 0 aliphatic carbocycles. The number of hydrogen-bond donors (Lipinski definition) is 0. The summed E-state index contributed by atoms with van der Waals surface area (Å²) in [6.07, 6.45) is 8.49. The maximum absolute atomic E-state index is 2.26. The van der Waals surface area contributed by atoms with E-state index in [2.05, 4.69) is 13.8 Å². The Morgan fingerprint density at radius 2 is 1.00 bits per heavy atom. The second-order valence-electron chi connectivity index (χ2n) is 2.41. The van der Waals surface area contributed by atoms with Gasteiger partial charge >= 0.3 is 29.6 Å². The van der Waals surface area contributed by atoms with Crippen LogP contribution < -0.4 is 46.5 Å². The van der Waals surface area contributed by atoms with Crippen molar-refractivity contribution in [2.75, 3.05) is 0 Å². The van der Waals surface area contributed by atoms with E-state index in [4.69, 9.17) is 0 Å². The van der Waals surface area contributed by atoms with E-state index in [0.717, 1.165) is 0 Å². The van der Waals surface area contributed by atoms with Gasteiger partial charge in [-0.05, 0) is 0 Å². The van der Waals surface area contributed by atoms with E-state index < -0.39 is 0 Å². The van der Waals surface area contributed by atoms with Gasteiger partial charge in [-0.3, -0.25) is 0 Å². The summed E-state index contributed by atoms with van der Waals surface area (Å²) >= 11 is 0. The van der Waals surface area contributed by atoms with Crippen LogP contribution in [0, 0.1) is 0 Å². The first-order valence-corrected chi connectivity index (χ1v) is 3.91. The predicted molar refractivity (Wildman–Crippen MR) is 39.0 cm³/mol. The van der Waals surface area contributed by atoms with Crippen LogP contribution in [0.3, 0.4) is 0 Å². The van der Waals surface area contributed by atoms with Crippen molar-refractivity contribution in [2.45, 2.75) is 52.4 Å². The van der Waals surface area contributed by atoms with E-state index in [1.165, 1.54) is 38.5 Å². The molecule has 0 aliphatic rings. The van der Waals surface area contributed by atoms with Crippen LogP contribution >= 0.6 is 0 Å². The zero-order valence-corrected chi connectivity index (χ0v) is 11.2. The van der Waals surface area contributed by atoms with Crippen molar-refractivity contribution in [1.29, 1.82) is 0 Å². The Labute approximate surface area is 98.2 Å². The van der Waals surface area contributed by atoms with Gasteiger partial charge in [-0.25, -0.2) is 0 Å². The number of unbranched alkanes of at least 4 members (excludes halogenated alkanes) is 5. The van der Waals surface area contributed by atoms with E-state index in [9.17, 15) is 0 Å². The molecular weight excluding hydrogens is 199 g/mol. The number of halogens is 1. The summed E-state index contributed by atoms with van der Waals surface area (Å²) in [7, 11) is 0. The molecule has 10 heavy (non-hydrogen) atoms. The Balaban J connectivity index is -0.000000245. The molecule has 0 aliphatic heterocycles. The Morgan fingerprint density at radius 3 is 1.20 bits per heavy atom. The predicted octanol–water partition coefficient (Wildman–Crippen LogP) is -2.63. The zero-order valence-electron chi connectivity index (χ0n) is 7.62. The van der Waals surface area contributed by atoms with Crippen LogP contribution in [0.2, 0.25) is 0 Å². The average Bonchev–Trinajstić information content (AvgIpc) is 1.81. The Bertz CT molecular complexity index is 34.2. The molecule has 0 rings (SSSR count). The van der Waals surface area contributed by atoms with Gasteiger partial charge in [0.05, 0.1) is 0 Å². The molecule has 0 spiro atoms. The first-order valence-electron chi connectivity index (χ1n) is 3.91. The van der Waals surface area contributed by atoms with Gasteiger partial charge in [-0.1, -0.05) is 52.4 Å². The molecule has 0 fully saturated rings. The smallest absolute Gasteiger partial charge is 1.00 e. The van der Waals surface area contributed by atoms with Crippen molar-refractivity contribution in [3.63, 3.8) is 0 Å². The minimum Gasteiger partial charge on any atom is -1.00 e. The van der Waals surface area contributed by atoms with Crippen LogP contribution in [-0.4, -0.2) is 0 Å². The summed E-state index contributed by atoms with van der Waals surface area (Å²) in [4.78, 5) is 0. The molecule has 0 saturated carbocycles. The molecule has 58 valence electrons. The van der Waals surface area contributed by atoms with Gasteiger partial charge in [0.15, 0.2) is 0 Å². The van der Waals surface area contributed by atoms with Gasteiger partial charge < -0.3 is 17.0 Å². The quantitative estimate of drug-likeness (QED) is 0.349. The molecule has 0 heterocycles. The van der Waals surface area contributed by atoms with Gasteiger partial charge in [0.2, 0.25) is 0 Å². The molecule has 0 aromatic heterocycles. The summed E-state index contributed by atoms with van der Waals surface area (Å²) in [6, 6.07) is 0. The second-order valence-corrected chi connectivity index (χ2v) is 2.41. The van der Waals surface area contributed by atoms with Crippen LogP contribution in [0.15, 0.2) is 0 Å². The van der Waals surface area contributed by atoms with Crippen molar-refractivity contribution < 1.29 is 46.5 Å². The first kappa shape index (κ1) is 17.5. The fraction of sp³-hybridized carbons (Fsp3) is 1.00. The fourth-order valence-corrected chi connectivity index (χ4v) is 0.854. The Kier molecular flexibility index (Phi) is 29.5. The topological polar surface area (TPSA) is 0 Å². The summed E-state index contributed by atoms with van der Waals surface area (Å²) < 4.78 is 0. The molecular formula is C8H18BrNa. The standard InChI is InChI=1S/C8H18.BrH.Na/c1-3-5-7-8-6-4-2;;/h3-8H2,1-2H3;1H;/q;;+1/p-1. The van der Waals surface area contributed by atoms with Crippen molar-refractivity contribution in [2.24, 2.45) is 0 Å². The van der Waals surface area contributed by atoms with Gasteiger partial charge in [0, 0.05) is 0 Å². The van der Waals surface area contributed by atoms with Gasteiger partial charge in [0.25, 0.3) is 0 Å². The summed E-state index contributed by atoms with van der Waals surface area (Å²) in [5, 5.41) is 0. The third-order valence-corrected chi connectivity index (χ3v) is 1.46. The van der Waals surface area contributed by atoms with E-state index in [0.29, 0.717) is 0 Å². The maximum Gasteiger partial charge on any atom is 1.00 e. The van der Waals surface area contributed by atoms with Crippen LogP contribution in [-0.2, 0) is 0 Å². The van der Waals surface area contributed by atoms with Crippen molar-refractivity contribution in [1.82, 2.24) is 0 Å². The molecule has 0 nitrogen and oxygen atoms in total. The van der Waals surface area contributed by atoms with E-state index in [-0.39, 0.29) is 46.5 Å². The molecule has 0 radical (unpaired) electrons. The minimum atomic E-state index is 0. The third kappa shape index (κ3) is 16.2. The third-order valence-electron chi connectivity index (χ3n) is 1.46. The molecule has 0 atom stereocenters. The molecule has 0 amide bonds. The Hall–Kier alpha value is 1.48. The average molecular weight is 217 g/mol. The SMILES string of the molecule is CCCCCCCC.[Br-].[Na+]. The van der Waals surface area contributed by atoms with E-state index in [1.807, 2.05) is 0 Å². The number of rotatable bonds is 5. The van der Waals surface area contributed by atoms with Crippen molar-refractivity contribution in [3.8, 4) is 0 Å². The van der Waals surface area contributed by atoms with Crippen LogP contribution in [0.5, 0.6) is 0 Å². The zero-order chi connectivity index (χ0) is 6.24. The Morgan fingerprint density at radius 1 is 0.700 bits per heavy atom. The molecule has 0 N–H and O–H groups in total. The van der Waals surface area contributed by atoms with Crippen molar-refractivity contribution in [3.05, 3.63) is 0 Å². The molecule has 0 aromatic carbocycles. The molecule has 0 saturated heterocycles. The van der Waals surface area contributed by atoms with Gasteiger partial charge in [-0.15, -0.1) is 0 Å². The van der Waals surface area contributed by atoms with Gasteiger partial charge in [-0.2, -0.15) is 0 Å². The molecule has 0 bridgehead atoms. The second kappa shape index (κ2) is 16.8. The minimum absolute atomic E-state index is 0. The summed E-state index contributed by atoms with van der Waals surface area (Å²) in [5.74, 6) is 0. The van der Waals surface area contributed by atoms with Crippen LogP contribution in [0.25, 0.3) is 0 Å². The summed E-state index contributed by atoms with van der Waals surface area (Å²) in [5.41, 5.74) is 0. The largest absolute Gasteiger partial charge is 1.00 e. The van der Waals surface area contributed by atoms with E-state index >= 15 is 0 Å². The molecule has 0 unspecified atom stereocenters. The maximum atomic E-state index is 2.26. The van der Waals surface area contributed by atoms with Crippen LogP contribution in [0.1, 0.15) is 52.4 Å². The van der Waals surface area contributed by atoms with E-state index in [1.54, 1.807) is 0 Å². The van der Waals surface area contributed by atoms with Gasteiger partial charge in [0.1, 0.15) is 0 Å².